The lowest BCUT2D eigenvalue weighted by Crippen LogP contribution is -2.06. The number of hydrogen-bond acceptors (Lipinski definition) is 2. The zero-order chi connectivity index (χ0) is 17.2. The number of hydrogen-bond donors (Lipinski definition) is 1. The van der Waals surface area contributed by atoms with Crippen LogP contribution in [0.25, 0.3) is 0 Å². The molecule has 0 heterocycles. The van der Waals surface area contributed by atoms with Gasteiger partial charge >= 0.3 is 12.1 Å². The number of ether oxygens (including phenoxy) is 1. The Bertz CT molecular complexity index is 705. The second-order valence-electron chi connectivity index (χ2n) is 4.56. The molecule has 0 bridgehead atoms. The van der Waals surface area contributed by atoms with Gasteiger partial charge < -0.3 is 9.84 Å². The van der Waals surface area contributed by atoms with Gasteiger partial charge in [0.15, 0.2) is 0 Å². The molecule has 3 nitrogen and oxygen atoms in total. The van der Waals surface area contributed by atoms with E-state index in [0.717, 1.165) is 12.1 Å². The van der Waals surface area contributed by atoms with Crippen LogP contribution >= 0.6 is 45.2 Å². The lowest BCUT2D eigenvalue weighted by atomic mass is 10.1. The Labute approximate surface area is 157 Å². The van der Waals surface area contributed by atoms with Crippen LogP contribution in [0, 0.1) is 7.14 Å². The van der Waals surface area contributed by atoms with Gasteiger partial charge in [-0.05, 0) is 75.0 Å². The van der Waals surface area contributed by atoms with Gasteiger partial charge in [-0.15, -0.1) is 0 Å². The van der Waals surface area contributed by atoms with E-state index in [1.165, 1.54) is 24.3 Å². The summed E-state index contributed by atoms with van der Waals surface area (Å²) >= 11 is 3.92. The maximum absolute atomic E-state index is 12.5. The van der Waals surface area contributed by atoms with Crippen LogP contribution in [0.4, 0.5) is 13.2 Å². The molecule has 0 aliphatic heterocycles. The van der Waals surface area contributed by atoms with Crippen molar-refractivity contribution >= 4 is 51.2 Å². The largest absolute Gasteiger partial charge is 0.487 e. The van der Waals surface area contributed by atoms with Crippen LogP contribution in [-0.4, -0.2) is 11.1 Å². The molecule has 1 N–H and O–H groups in total. The molecule has 2 aromatic rings. The second-order valence-corrected chi connectivity index (χ2v) is 6.88. The summed E-state index contributed by atoms with van der Waals surface area (Å²) in [6, 6.07) is 7.67. The van der Waals surface area contributed by atoms with Crippen molar-refractivity contribution in [3.8, 4) is 5.75 Å². The van der Waals surface area contributed by atoms with Gasteiger partial charge in [-0.1, -0.05) is 12.1 Å². The Kier molecular flexibility index (Phi) is 5.76. The fourth-order valence-electron chi connectivity index (χ4n) is 1.77. The van der Waals surface area contributed by atoms with Crippen molar-refractivity contribution in [2.24, 2.45) is 0 Å². The van der Waals surface area contributed by atoms with E-state index in [-0.39, 0.29) is 12.2 Å². The summed E-state index contributed by atoms with van der Waals surface area (Å²) in [5.41, 5.74) is 0.0313. The summed E-state index contributed by atoms with van der Waals surface area (Å²) < 4.78 is 44.4. The molecule has 8 heteroatoms. The Morgan fingerprint density at radius 3 is 2.04 bits per heavy atom. The monoisotopic (exact) mass is 548 g/mol. The van der Waals surface area contributed by atoms with Gasteiger partial charge in [-0.3, -0.25) is 0 Å². The van der Waals surface area contributed by atoms with Crippen molar-refractivity contribution in [2.45, 2.75) is 12.8 Å². The first-order chi connectivity index (χ1) is 10.7. The lowest BCUT2D eigenvalue weighted by molar-refractivity contribution is -0.137. The molecule has 0 radical (unpaired) electrons. The third kappa shape index (κ3) is 4.72. The Morgan fingerprint density at radius 2 is 1.61 bits per heavy atom. The average molecular weight is 548 g/mol. The van der Waals surface area contributed by atoms with Crippen molar-refractivity contribution in [1.29, 1.82) is 0 Å². The van der Waals surface area contributed by atoms with Crippen molar-refractivity contribution in [2.75, 3.05) is 0 Å². The van der Waals surface area contributed by atoms with Crippen LogP contribution in [0.5, 0.6) is 5.75 Å². The van der Waals surface area contributed by atoms with Crippen LogP contribution in [0.3, 0.4) is 0 Å². The summed E-state index contributed by atoms with van der Waals surface area (Å²) in [5.74, 6) is -0.522. The third-order valence-electron chi connectivity index (χ3n) is 2.91. The van der Waals surface area contributed by atoms with Crippen LogP contribution in [0.15, 0.2) is 36.4 Å². The third-order valence-corrected chi connectivity index (χ3v) is 4.51. The van der Waals surface area contributed by atoms with Crippen LogP contribution in [0.1, 0.15) is 21.5 Å². The van der Waals surface area contributed by atoms with E-state index in [1.54, 1.807) is 0 Å². The quantitative estimate of drug-likeness (QED) is 0.536. The van der Waals surface area contributed by atoms with E-state index in [2.05, 4.69) is 0 Å². The number of aromatic carboxylic acids is 1. The second kappa shape index (κ2) is 7.24. The fraction of sp³-hybridized carbons (Fsp3) is 0.133. The smallest absolute Gasteiger partial charge is 0.416 e. The first kappa shape index (κ1) is 18.3. The van der Waals surface area contributed by atoms with Crippen molar-refractivity contribution in [3.05, 3.63) is 60.2 Å². The summed E-state index contributed by atoms with van der Waals surface area (Å²) in [7, 11) is 0. The van der Waals surface area contributed by atoms with Gasteiger partial charge in [0.05, 0.1) is 18.3 Å². The normalized spacial score (nSPS) is 11.3. The highest BCUT2D eigenvalue weighted by atomic mass is 127. The minimum absolute atomic E-state index is 0.0938. The molecule has 0 aliphatic carbocycles. The molecule has 0 aromatic heterocycles. The van der Waals surface area contributed by atoms with E-state index in [0.29, 0.717) is 18.5 Å². The number of carboxylic acid groups (broad SMARTS) is 1. The number of halogens is 5. The number of rotatable bonds is 4. The summed E-state index contributed by atoms with van der Waals surface area (Å²) in [6.07, 6.45) is -4.36. The average Bonchev–Trinajstić information content (AvgIpc) is 2.45. The molecule has 0 saturated carbocycles. The predicted molar refractivity (Wildman–Crippen MR) is 94.6 cm³/mol. The molecule has 0 spiro atoms. The summed E-state index contributed by atoms with van der Waals surface area (Å²) in [5, 5.41) is 8.98. The van der Waals surface area contributed by atoms with Crippen molar-refractivity contribution in [1.82, 2.24) is 0 Å². The van der Waals surface area contributed by atoms with Gasteiger partial charge in [-0.2, -0.15) is 13.2 Å². The van der Waals surface area contributed by atoms with Crippen LogP contribution in [-0.2, 0) is 12.8 Å². The number of carboxylic acids is 1. The van der Waals surface area contributed by atoms with E-state index in [1.807, 2.05) is 45.2 Å². The van der Waals surface area contributed by atoms with Gasteiger partial charge in [-0.25, -0.2) is 4.79 Å². The Balaban J connectivity index is 2.14. The number of carbonyl (C=O) groups is 1. The molecule has 2 rings (SSSR count). The lowest BCUT2D eigenvalue weighted by Gasteiger charge is -2.12. The SMILES string of the molecule is O=C(O)c1cc(I)c(OCc2ccc(C(F)(F)F)cc2)c(I)c1. The Morgan fingerprint density at radius 1 is 1.09 bits per heavy atom. The predicted octanol–water partition coefficient (Wildman–Crippen LogP) is 5.19. The van der Waals surface area contributed by atoms with Gasteiger partial charge in [0.25, 0.3) is 0 Å². The standard InChI is InChI=1S/C15H9F3I2O3/c16-15(17,18)10-3-1-8(2-4-10)7-23-13-11(19)5-9(14(21)22)6-12(13)20/h1-6H,7H2,(H,21,22). The molecule has 2 aromatic carbocycles. The number of benzene rings is 2. The zero-order valence-corrected chi connectivity index (χ0v) is 15.6. The highest BCUT2D eigenvalue weighted by Crippen LogP contribution is 2.31. The molecule has 0 aliphatic rings. The molecule has 0 saturated heterocycles. The van der Waals surface area contributed by atoms with E-state index < -0.39 is 17.7 Å². The maximum Gasteiger partial charge on any atom is 0.416 e. The van der Waals surface area contributed by atoms with Gasteiger partial charge in [0.2, 0.25) is 0 Å². The van der Waals surface area contributed by atoms with Gasteiger partial charge in [0.1, 0.15) is 12.4 Å². The summed E-state index contributed by atoms with van der Waals surface area (Å²) in [6.45, 7) is 0.0938. The highest BCUT2D eigenvalue weighted by molar-refractivity contribution is 14.1. The van der Waals surface area contributed by atoms with E-state index in [4.69, 9.17) is 9.84 Å². The molecule has 0 unspecified atom stereocenters. The molecule has 0 fully saturated rings. The molecular weight excluding hydrogens is 539 g/mol. The van der Waals surface area contributed by atoms with Crippen LogP contribution < -0.4 is 4.74 Å². The first-order valence-corrected chi connectivity index (χ1v) is 8.35. The van der Waals surface area contributed by atoms with Crippen molar-refractivity contribution < 1.29 is 27.8 Å². The molecular formula is C15H9F3I2O3. The minimum Gasteiger partial charge on any atom is -0.487 e. The maximum atomic E-state index is 12.5. The van der Waals surface area contributed by atoms with Gasteiger partial charge in [0, 0.05) is 0 Å². The highest BCUT2D eigenvalue weighted by Gasteiger charge is 2.29. The zero-order valence-electron chi connectivity index (χ0n) is 11.3. The summed E-state index contributed by atoms with van der Waals surface area (Å²) in [4.78, 5) is 11.0. The Hall–Kier alpha value is -1.04. The molecule has 0 atom stereocenters. The van der Waals surface area contributed by atoms with E-state index >= 15 is 0 Å². The van der Waals surface area contributed by atoms with Crippen LogP contribution in [0.2, 0.25) is 0 Å². The molecule has 0 amide bonds. The first-order valence-electron chi connectivity index (χ1n) is 6.20. The topological polar surface area (TPSA) is 46.5 Å². The fourth-order valence-corrected chi connectivity index (χ4v) is 3.85. The van der Waals surface area contributed by atoms with E-state index in [9.17, 15) is 18.0 Å². The molecule has 23 heavy (non-hydrogen) atoms. The number of alkyl halides is 3. The minimum atomic E-state index is -4.36. The van der Waals surface area contributed by atoms with Crippen molar-refractivity contribution in [3.63, 3.8) is 0 Å². The molecule has 122 valence electrons.